The molecule has 0 spiro atoms. The predicted octanol–water partition coefficient (Wildman–Crippen LogP) is 2.00. The van der Waals surface area contributed by atoms with Crippen LogP contribution in [0.2, 0.25) is 0 Å². The van der Waals surface area contributed by atoms with Crippen LogP contribution in [-0.4, -0.2) is 48.2 Å². The summed E-state index contributed by atoms with van der Waals surface area (Å²) >= 11 is 0. The Morgan fingerprint density at radius 1 is 1.31 bits per heavy atom. The SMILES string of the molecule is COCCNC(=O)c1nc(N[C@H]2CCCC[C@H]2N)c2cc(C)ccc2n1. The number of nitrogens with one attached hydrogen (secondary N) is 2. The predicted molar refractivity (Wildman–Crippen MR) is 102 cm³/mol. The van der Waals surface area contributed by atoms with Gasteiger partial charge in [0.25, 0.3) is 5.91 Å². The van der Waals surface area contributed by atoms with Gasteiger partial charge in [-0.15, -0.1) is 0 Å². The summed E-state index contributed by atoms with van der Waals surface area (Å²) in [5, 5.41) is 7.17. The van der Waals surface area contributed by atoms with Crippen LogP contribution in [0.1, 0.15) is 41.9 Å². The van der Waals surface area contributed by atoms with E-state index in [0.717, 1.165) is 42.1 Å². The number of aryl methyl sites for hydroxylation is 1. The average molecular weight is 357 g/mol. The zero-order valence-electron chi connectivity index (χ0n) is 15.4. The van der Waals surface area contributed by atoms with Crippen LogP contribution in [0.25, 0.3) is 10.9 Å². The minimum absolute atomic E-state index is 0.0950. The number of anilines is 1. The third-order valence-electron chi connectivity index (χ3n) is 4.79. The van der Waals surface area contributed by atoms with E-state index in [1.165, 1.54) is 0 Å². The fraction of sp³-hybridized carbons (Fsp3) is 0.526. The van der Waals surface area contributed by atoms with Gasteiger partial charge in [0.15, 0.2) is 0 Å². The second-order valence-corrected chi connectivity index (χ2v) is 6.86. The standard InChI is InChI=1S/C19H27N5O2/c1-12-7-8-15-13(11-12)17(23-16-6-4-3-5-14(16)20)24-18(22-15)19(25)21-9-10-26-2/h7-8,11,14,16H,3-6,9-10,20H2,1-2H3,(H,21,25)(H,22,23,24)/t14-,16+/m1/s1. The summed E-state index contributed by atoms with van der Waals surface area (Å²) in [6.45, 7) is 2.89. The van der Waals surface area contributed by atoms with Crippen LogP contribution in [0.5, 0.6) is 0 Å². The number of aromatic nitrogens is 2. The van der Waals surface area contributed by atoms with E-state index >= 15 is 0 Å². The quantitative estimate of drug-likeness (QED) is 0.684. The molecule has 1 aliphatic carbocycles. The molecule has 140 valence electrons. The number of carbonyl (C=O) groups excluding carboxylic acids is 1. The van der Waals surface area contributed by atoms with E-state index in [0.29, 0.717) is 19.0 Å². The summed E-state index contributed by atoms with van der Waals surface area (Å²) in [5.41, 5.74) is 8.15. The highest BCUT2D eigenvalue weighted by Crippen LogP contribution is 2.26. The number of hydrogen-bond acceptors (Lipinski definition) is 6. The van der Waals surface area contributed by atoms with Crippen molar-refractivity contribution in [3.63, 3.8) is 0 Å². The molecule has 1 aromatic carbocycles. The largest absolute Gasteiger partial charge is 0.383 e. The van der Waals surface area contributed by atoms with Gasteiger partial charge in [-0.2, -0.15) is 0 Å². The van der Waals surface area contributed by atoms with Crippen molar-refractivity contribution in [2.45, 2.75) is 44.7 Å². The van der Waals surface area contributed by atoms with E-state index < -0.39 is 0 Å². The smallest absolute Gasteiger partial charge is 0.289 e. The molecule has 7 nitrogen and oxygen atoms in total. The molecule has 0 aliphatic heterocycles. The van der Waals surface area contributed by atoms with E-state index in [1.54, 1.807) is 7.11 Å². The van der Waals surface area contributed by atoms with Gasteiger partial charge in [-0.3, -0.25) is 4.79 Å². The van der Waals surface area contributed by atoms with Gasteiger partial charge in [-0.25, -0.2) is 9.97 Å². The highest BCUT2D eigenvalue weighted by molar-refractivity contribution is 5.96. The number of rotatable bonds is 6. The fourth-order valence-corrected chi connectivity index (χ4v) is 3.31. The van der Waals surface area contributed by atoms with Gasteiger partial charge in [0.05, 0.1) is 12.1 Å². The lowest BCUT2D eigenvalue weighted by molar-refractivity contribution is 0.0927. The maximum absolute atomic E-state index is 12.4. The maximum Gasteiger partial charge on any atom is 0.289 e. The molecular formula is C19H27N5O2. The Bertz CT molecular complexity index is 780. The third kappa shape index (κ3) is 4.28. The number of benzene rings is 1. The van der Waals surface area contributed by atoms with Gasteiger partial charge in [0.2, 0.25) is 5.82 Å². The second kappa shape index (κ2) is 8.42. The Kier molecular flexibility index (Phi) is 6.00. The third-order valence-corrected chi connectivity index (χ3v) is 4.79. The molecule has 0 bridgehead atoms. The molecule has 1 heterocycles. The molecule has 1 aliphatic rings. The molecule has 3 rings (SSSR count). The fourth-order valence-electron chi connectivity index (χ4n) is 3.31. The average Bonchev–Trinajstić information content (AvgIpc) is 2.64. The normalized spacial score (nSPS) is 20.1. The van der Waals surface area contributed by atoms with Crippen LogP contribution in [0.3, 0.4) is 0 Å². The number of fused-ring (bicyclic) bond motifs is 1. The summed E-state index contributed by atoms with van der Waals surface area (Å²) in [7, 11) is 1.59. The zero-order chi connectivity index (χ0) is 18.5. The Morgan fingerprint density at radius 2 is 2.12 bits per heavy atom. The maximum atomic E-state index is 12.4. The monoisotopic (exact) mass is 357 g/mol. The number of carbonyl (C=O) groups is 1. The molecular weight excluding hydrogens is 330 g/mol. The Balaban J connectivity index is 1.92. The first kappa shape index (κ1) is 18.5. The molecule has 1 aromatic heterocycles. The van der Waals surface area contributed by atoms with Gasteiger partial charge < -0.3 is 21.1 Å². The summed E-state index contributed by atoms with van der Waals surface area (Å²) in [4.78, 5) is 21.3. The van der Waals surface area contributed by atoms with E-state index in [2.05, 4.69) is 20.6 Å². The van der Waals surface area contributed by atoms with Crippen molar-refractivity contribution in [3.8, 4) is 0 Å². The first-order valence-corrected chi connectivity index (χ1v) is 9.16. The number of ether oxygens (including phenoxy) is 1. The van der Waals surface area contributed by atoms with Crippen molar-refractivity contribution in [1.29, 1.82) is 0 Å². The lowest BCUT2D eigenvalue weighted by atomic mass is 9.91. The van der Waals surface area contributed by atoms with Gasteiger partial charge >= 0.3 is 0 Å². The van der Waals surface area contributed by atoms with E-state index in [9.17, 15) is 4.79 Å². The van der Waals surface area contributed by atoms with Crippen LogP contribution in [-0.2, 0) is 4.74 Å². The van der Waals surface area contributed by atoms with Gasteiger partial charge in [0, 0.05) is 31.1 Å². The van der Waals surface area contributed by atoms with Crippen molar-refractivity contribution in [2.24, 2.45) is 5.73 Å². The number of nitrogens with zero attached hydrogens (tertiary/aromatic N) is 2. The van der Waals surface area contributed by atoms with Crippen molar-refractivity contribution in [3.05, 3.63) is 29.6 Å². The van der Waals surface area contributed by atoms with E-state index in [4.69, 9.17) is 10.5 Å². The molecule has 1 amide bonds. The molecule has 1 fully saturated rings. The van der Waals surface area contributed by atoms with Crippen molar-refractivity contribution < 1.29 is 9.53 Å². The van der Waals surface area contributed by atoms with E-state index in [-0.39, 0.29) is 23.8 Å². The number of nitrogens with two attached hydrogens (primary N) is 1. The summed E-state index contributed by atoms with van der Waals surface area (Å²) in [5.74, 6) is 0.530. The molecule has 7 heteroatoms. The topological polar surface area (TPSA) is 102 Å². The van der Waals surface area contributed by atoms with Crippen molar-refractivity contribution >= 4 is 22.6 Å². The van der Waals surface area contributed by atoms with Crippen molar-refractivity contribution in [1.82, 2.24) is 15.3 Å². The zero-order valence-corrected chi connectivity index (χ0v) is 15.4. The molecule has 0 unspecified atom stereocenters. The van der Waals surface area contributed by atoms with Gasteiger partial charge in [0.1, 0.15) is 5.82 Å². The number of amides is 1. The summed E-state index contributed by atoms with van der Waals surface area (Å²) in [6, 6.07) is 6.20. The van der Waals surface area contributed by atoms with Crippen molar-refractivity contribution in [2.75, 3.05) is 25.6 Å². The van der Waals surface area contributed by atoms with Crippen LogP contribution < -0.4 is 16.4 Å². The lowest BCUT2D eigenvalue weighted by Gasteiger charge is -2.30. The first-order valence-electron chi connectivity index (χ1n) is 9.16. The number of methoxy groups -OCH3 is 1. The highest BCUT2D eigenvalue weighted by Gasteiger charge is 2.23. The Labute approximate surface area is 153 Å². The molecule has 26 heavy (non-hydrogen) atoms. The van der Waals surface area contributed by atoms with Crippen LogP contribution in [0.15, 0.2) is 18.2 Å². The Hall–Kier alpha value is -2.25. The van der Waals surface area contributed by atoms with Crippen LogP contribution >= 0.6 is 0 Å². The summed E-state index contributed by atoms with van der Waals surface area (Å²) in [6.07, 6.45) is 4.33. The highest BCUT2D eigenvalue weighted by atomic mass is 16.5. The molecule has 2 aromatic rings. The van der Waals surface area contributed by atoms with Crippen LogP contribution in [0, 0.1) is 6.92 Å². The van der Waals surface area contributed by atoms with Gasteiger partial charge in [-0.05, 0) is 31.9 Å². The molecule has 0 radical (unpaired) electrons. The van der Waals surface area contributed by atoms with E-state index in [1.807, 2.05) is 25.1 Å². The molecule has 2 atom stereocenters. The molecule has 1 saturated carbocycles. The minimum atomic E-state index is -0.305. The minimum Gasteiger partial charge on any atom is -0.383 e. The molecule has 4 N–H and O–H groups in total. The van der Waals surface area contributed by atoms with Gasteiger partial charge in [-0.1, -0.05) is 24.5 Å². The first-order chi connectivity index (χ1) is 12.6. The Morgan fingerprint density at radius 3 is 2.88 bits per heavy atom. The molecule has 0 saturated heterocycles. The van der Waals surface area contributed by atoms with Crippen LogP contribution in [0.4, 0.5) is 5.82 Å². The summed E-state index contributed by atoms with van der Waals surface area (Å²) < 4.78 is 4.97. The second-order valence-electron chi connectivity index (χ2n) is 6.86. The number of hydrogen-bond donors (Lipinski definition) is 3. The lowest BCUT2D eigenvalue weighted by Crippen LogP contribution is -2.43.